The average Bonchev–Trinajstić information content (AvgIpc) is 2.15. The highest BCUT2D eigenvalue weighted by atomic mass is 35.5. The zero-order valence-corrected chi connectivity index (χ0v) is 9.99. The Morgan fingerprint density at radius 1 is 1.20 bits per heavy atom. The molecule has 0 amide bonds. The van der Waals surface area contributed by atoms with Crippen molar-refractivity contribution in [1.82, 2.24) is 0 Å². The molecule has 0 heterocycles. The molecule has 1 aromatic carbocycles. The van der Waals surface area contributed by atoms with Gasteiger partial charge in [-0.2, -0.15) is 0 Å². The highest BCUT2D eigenvalue weighted by Gasteiger charge is 2.23. The minimum atomic E-state index is -0.918. The first kappa shape index (κ1) is 12.5. The van der Waals surface area contributed by atoms with Crippen molar-refractivity contribution < 1.29 is 10.2 Å². The van der Waals surface area contributed by atoms with E-state index in [-0.39, 0.29) is 5.92 Å². The van der Waals surface area contributed by atoms with E-state index in [2.05, 4.69) is 0 Å². The fraction of sp³-hybridized carbons (Fsp3) is 0.500. The first-order valence-corrected chi connectivity index (χ1v) is 5.43. The molecule has 2 nitrogen and oxygen atoms in total. The summed E-state index contributed by atoms with van der Waals surface area (Å²) in [5, 5.41) is 20.1. The zero-order chi connectivity index (χ0) is 11.6. The molecule has 0 radical (unpaired) electrons. The Bertz CT molecular complexity index is 336. The van der Waals surface area contributed by atoms with Gasteiger partial charge in [0.1, 0.15) is 6.10 Å². The van der Waals surface area contributed by atoms with Gasteiger partial charge in [-0.15, -0.1) is 0 Å². The molecule has 1 aromatic rings. The second-order valence-electron chi connectivity index (χ2n) is 4.20. The van der Waals surface area contributed by atoms with Crippen LogP contribution in [0.5, 0.6) is 0 Å². The van der Waals surface area contributed by atoms with Gasteiger partial charge in [-0.1, -0.05) is 37.6 Å². The monoisotopic (exact) mass is 228 g/mol. The lowest BCUT2D eigenvalue weighted by molar-refractivity contribution is -0.00934. The Labute approximate surface area is 95.5 Å². The first-order valence-electron chi connectivity index (χ1n) is 5.05. The molecule has 0 aliphatic rings. The number of hydrogen-bond donors (Lipinski definition) is 2. The Morgan fingerprint density at radius 2 is 1.80 bits per heavy atom. The van der Waals surface area contributed by atoms with Gasteiger partial charge in [0.05, 0.1) is 6.10 Å². The highest BCUT2D eigenvalue weighted by molar-refractivity contribution is 6.31. The predicted molar refractivity (Wildman–Crippen MR) is 62.0 cm³/mol. The van der Waals surface area contributed by atoms with E-state index in [4.69, 9.17) is 11.6 Å². The summed E-state index contributed by atoms with van der Waals surface area (Å²) in [6, 6.07) is 5.42. The van der Waals surface area contributed by atoms with Crippen molar-refractivity contribution in [3.8, 4) is 0 Å². The van der Waals surface area contributed by atoms with Gasteiger partial charge in [0.15, 0.2) is 0 Å². The lowest BCUT2D eigenvalue weighted by atomic mass is 9.95. The lowest BCUT2D eigenvalue weighted by Gasteiger charge is -2.22. The molecule has 0 aliphatic carbocycles. The van der Waals surface area contributed by atoms with E-state index < -0.39 is 12.2 Å². The quantitative estimate of drug-likeness (QED) is 0.835. The smallest absolute Gasteiger partial charge is 0.107 e. The van der Waals surface area contributed by atoms with Crippen molar-refractivity contribution in [3.63, 3.8) is 0 Å². The summed E-state index contributed by atoms with van der Waals surface area (Å²) in [4.78, 5) is 0. The van der Waals surface area contributed by atoms with Crippen LogP contribution in [0.25, 0.3) is 0 Å². The van der Waals surface area contributed by atoms with Crippen LogP contribution in [0.15, 0.2) is 18.2 Å². The fourth-order valence-electron chi connectivity index (χ4n) is 1.42. The summed E-state index contributed by atoms with van der Waals surface area (Å²) in [5.74, 6) is -0.00244. The number of hydrogen-bond acceptors (Lipinski definition) is 2. The molecule has 0 saturated carbocycles. The maximum Gasteiger partial charge on any atom is 0.107 e. The number of aryl methyl sites for hydroxylation is 1. The molecule has 1 rings (SSSR count). The van der Waals surface area contributed by atoms with Crippen molar-refractivity contribution in [2.24, 2.45) is 5.92 Å². The van der Waals surface area contributed by atoms with Gasteiger partial charge < -0.3 is 10.2 Å². The van der Waals surface area contributed by atoms with Crippen LogP contribution in [0.4, 0.5) is 0 Å². The molecule has 2 atom stereocenters. The number of aliphatic hydroxyl groups is 2. The number of aliphatic hydroxyl groups excluding tert-OH is 2. The van der Waals surface area contributed by atoms with Crippen LogP contribution < -0.4 is 0 Å². The van der Waals surface area contributed by atoms with Gasteiger partial charge in [-0.25, -0.2) is 0 Å². The third-order valence-electron chi connectivity index (χ3n) is 2.48. The van der Waals surface area contributed by atoms with Crippen LogP contribution in [0.3, 0.4) is 0 Å². The van der Waals surface area contributed by atoms with E-state index in [1.54, 1.807) is 12.1 Å². The van der Waals surface area contributed by atoms with E-state index in [0.29, 0.717) is 10.6 Å². The van der Waals surface area contributed by atoms with Gasteiger partial charge in [0, 0.05) is 10.6 Å². The normalized spacial score (nSPS) is 15.4. The number of benzene rings is 1. The maximum atomic E-state index is 9.90. The molecule has 0 fully saturated rings. The van der Waals surface area contributed by atoms with Crippen LogP contribution in [0.1, 0.15) is 31.1 Å². The molecular weight excluding hydrogens is 212 g/mol. The summed E-state index contributed by atoms with van der Waals surface area (Å²) < 4.78 is 0. The Morgan fingerprint density at radius 3 is 2.27 bits per heavy atom. The van der Waals surface area contributed by atoms with Crippen LogP contribution in [0.2, 0.25) is 5.02 Å². The van der Waals surface area contributed by atoms with E-state index in [1.807, 2.05) is 26.8 Å². The molecule has 15 heavy (non-hydrogen) atoms. The summed E-state index contributed by atoms with van der Waals surface area (Å²) in [5.41, 5.74) is 1.62. The second-order valence-corrected chi connectivity index (χ2v) is 4.61. The van der Waals surface area contributed by atoms with Crippen molar-refractivity contribution in [2.75, 3.05) is 0 Å². The molecule has 84 valence electrons. The molecule has 0 aliphatic heterocycles. The van der Waals surface area contributed by atoms with Crippen molar-refractivity contribution in [2.45, 2.75) is 33.0 Å². The molecule has 0 spiro atoms. The molecule has 0 unspecified atom stereocenters. The van der Waals surface area contributed by atoms with Crippen LogP contribution in [-0.4, -0.2) is 16.3 Å². The summed E-state index contributed by atoms with van der Waals surface area (Å²) in [6.45, 7) is 5.65. The SMILES string of the molecule is Cc1ccc([C@@H](O)[C@H](O)C(C)C)c(Cl)c1. The van der Waals surface area contributed by atoms with Crippen LogP contribution in [0, 0.1) is 12.8 Å². The van der Waals surface area contributed by atoms with Gasteiger partial charge in [-0.3, -0.25) is 0 Å². The van der Waals surface area contributed by atoms with E-state index in [0.717, 1.165) is 5.56 Å². The van der Waals surface area contributed by atoms with Gasteiger partial charge in [-0.05, 0) is 24.5 Å². The number of halogens is 1. The van der Waals surface area contributed by atoms with Crippen molar-refractivity contribution in [3.05, 3.63) is 34.3 Å². The minimum absolute atomic E-state index is 0.00244. The summed E-state index contributed by atoms with van der Waals surface area (Å²) >= 11 is 6.00. The summed E-state index contributed by atoms with van der Waals surface area (Å²) in [7, 11) is 0. The van der Waals surface area contributed by atoms with E-state index in [1.165, 1.54) is 0 Å². The molecule has 3 heteroatoms. The van der Waals surface area contributed by atoms with Gasteiger partial charge in [0.2, 0.25) is 0 Å². The lowest BCUT2D eigenvalue weighted by Crippen LogP contribution is -2.24. The Balaban J connectivity index is 2.96. The standard InChI is InChI=1S/C12H17ClO2/c1-7(2)11(14)12(15)9-5-4-8(3)6-10(9)13/h4-7,11-12,14-15H,1-3H3/t11-,12-/m1/s1. The van der Waals surface area contributed by atoms with Gasteiger partial charge >= 0.3 is 0 Å². The first-order chi connectivity index (χ1) is 6.93. The minimum Gasteiger partial charge on any atom is -0.390 e. The van der Waals surface area contributed by atoms with Crippen LogP contribution in [-0.2, 0) is 0 Å². The Hall–Kier alpha value is -0.570. The highest BCUT2D eigenvalue weighted by Crippen LogP contribution is 2.28. The van der Waals surface area contributed by atoms with Gasteiger partial charge in [0.25, 0.3) is 0 Å². The Kier molecular flexibility index (Phi) is 4.14. The maximum absolute atomic E-state index is 9.90. The topological polar surface area (TPSA) is 40.5 Å². The molecule has 0 bridgehead atoms. The summed E-state index contributed by atoms with van der Waals surface area (Å²) in [6.07, 6.45) is -1.71. The third-order valence-corrected chi connectivity index (χ3v) is 2.81. The molecule has 0 saturated heterocycles. The number of rotatable bonds is 3. The zero-order valence-electron chi connectivity index (χ0n) is 9.24. The second kappa shape index (κ2) is 4.97. The predicted octanol–water partition coefficient (Wildman–Crippen LogP) is 2.70. The molecular formula is C12H17ClO2. The van der Waals surface area contributed by atoms with E-state index >= 15 is 0 Å². The van der Waals surface area contributed by atoms with Crippen LogP contribution >= 0.6 is 11.6 Å². The largest absolute Gasteiger partial charge is 0.390 e. The molecule has 2 N–H and O–H groups in total. The fourth-order valence-corrected chi connectivity index (χ4v) is 1.77. The third kappa shape index (κ3) is 2.94. The average molecular weight is 229 g/mol. The molecule has 0 aromatic heterocycles. The van der Waals surface area contributed by atoms with Crippen molar-refractivity contribution in [1.29, 1.82) is 0 Å². The van der Waals surface area contributed by atoms with Crippen molar-refractivity contribution >= 4 is 11.6 Å². The van der Waals surface area contributed by atoms with E-state index in [9.17, 15) is 10.2 Å².